The maximum Gasteiger partial charge on any atom is 2.00 e. The second-order valence-electron chi connectivity index (χ2n) is 3.36. The summed E-state index contributed by atoms with van der Waals surface area (Å²) in [6.07, 6.45) is 0.175. The van der Waals surface area contributed by atoms with Gasteiger partial charge in [0.25, 0.3) is 0 Å². The standard InChI is InChI=1S/C8H9O.C5H10NO.U/c1-2-9-8-6-4-3-5-7-8;1-5-4-6-2-3-7-5;/h3-6H,2H2,1H3;5-6H,1-4H2;/q2*-1;+2. The van der Waals surface area contributed by atoms with Crippen LogP contribution in [0.1, 0.15) is 6.92 Å². The number of para-hydroxylation sites is 1. The molecule has 3 nitrogen and oxygen atoms in total. The second kappa shape index (κ2) is 11.1. The molecule has 0 spiro atoms. The van der Waals surface area contributed by atoms with Crippen molar-refractivity contribution in [2.24, 2.45) is 0 Å². The number of morpholine rings is 1. The molecule has 1 aliphatic heterocycles. The summed E-state index contributed by atoms with van der Waals surface area (Å²) < 4.78 is 10.3. The smallest absolute Gasteiger partial charge is 0.520 e. The van der Waals surface area contributed by atoms with Gasteiger partial charge in [-0.15, -0.1) is 12.1 Å². The predicted molar refractivity (Wildman–Crippen MR) is 64.4 cm³/mol. The fourth-order valence-corrected chi connectivity index (χ4v) is 1.24. The Kier molecular flexibility index (Phi) is 11.1. The van der Waals surface area contributed by atoms with Gasteiger partial charge >= 0.3 is 31.1 Å². The zero-order valence-corrected chi connectivity index (χ0v) is 14.4. The normalized spacial score (nSPS) is 18.4. The van der Waals surface area contributed by atoms with Gasteiger partial charge in [0, 0.05) is 12.3 Å². The van der Waals surface area contributed by atoms with Gasteiger partial charge in [0.1, 0.15) is 0 Å². The Bertz CT molecular complexity index is 263. The molecule has 1 saturated heterocycles. The van der Waals surface area contributed by atoms with E-state index in [9.17, 15) is 0 Å². The van der Waals surface area contributed by atoms with Crippen molar-refractivity contribution < 1.29 is 40.6 Å². The molecular formula is C13H19NO2U. The Morgan fingerprint density at radius 1 is 1.59 bits per heavy atom. The maximum atomic E-state index is 5.15. The van der Waals surface area contributed by atoms with Crippen LogP contribution in [0, 0.1) is 44.1 Å². The van der Waals surface area contributed by atoms with Gasteiger partial charge in [-0.25, -0.2) is 0 Å². The van der Waals surface area contributed by atoms with E-state index in [1.807, 2.05) is 31.2 Å². The molecule has 0 bridgehead atoms. The minimum Gasteiger partial charge on any atom is -0.520 e. The van der Waals surface area contributed by atoms with Gasteiger partial charge in [-0.1, -0.05) is 6.10 Å². The number of hydrogen-bond acceptors (Lipinski definition) is 3. The topological polar surface area (TPSA) is 30.5 Å². The summed E-state index contributed by atoms with van der Waals surface area (Å²) in [6.45, 7) is 9.08. The van der Waals surface area contributed by atoms with E-state index >= 15 is 0 Å². The molecule has 0 saturated carbocycles. The fourth-order valence-electron chi connectivity index (χ4n) is 1.24. The Labute approximate surface area is 128 Å². The molecular weight excluding hydrogens is 440 g/mol. The molecule has 0 amide bonds. The maximum absolute atomic E-state index is 5.15. The molecule has 1 atom stereocenters. The van der Waals surface area contributed by atoms with E-state index in [-0.39, 0.29) is 37.2 Å². The monoisotopic (exact) mass is 459 g/mol. The van der Waals surface area contributed by atoms with Crippen LogP contribution in [0.4, 0.5) is 0 Å². The van der Waals surface area contributed by atoms with Crippen LogP contribution < -0.4 is 10.1 Å². The van der Waals surface area contributed by atoms with E-state index in [1.165, 1.54) is 0 Å². The number of hydrogen-bond donors (Lipinski definition) is 1. The number of benzene rings is 1. The summed E-state index contributed by atoms with van der Waals surface area (Å²) in [5, 5.41) is 3.15. The molecule has 1 N–H and O–H groups in total. The Balaban J connectivity index is 0.000000292. The predicted octanol–water partition coefficient (Wildman–Crippen LogP) is 1.69. The molecule has 4 heteroatoms. The quantitative estimate of drug-likeness (QED) is 0.684. The van der Waals surface area contributed by atoms with E-state index < -0.39 is 0 Å². The van der Waals surface area contributed by atoms with Gasteiger partial charge in [-0.3, -0.25) is 0 Å². The first kappa shape index (κ1) is 17.0. The average molecular weight is 459 g/mol. The molecule has 1 aromatic rings. The van der Waals surface area contributed by atoms with Crippen LogP contribution in [0.3, 0.4) is 0 Å². The first-order valence-corrected chi connectivity index (χ1v) is 5.58. The third kappa shape index (κ3) is 8.68. The van der Waals surface area contributed by atoms with Crippen molar-refractivity contribution in [3.05, 3.63) is 37.3 Å². The molecule has 1 heterocycles. The zero-order valence-electron chi connectivity index (χ0n) is 10.2. The molecule has 0 radical (unpaired) electrons. The van der Waals surface area contributed by atoms with Crippen LogP contribution in [-0.4, -0.2) is 32.4 Å². The van der Waals surface area contributed by atoms with Crippen molar-refractivity contribution in [2.75, 3.05) is 26.3 Å². The van der Waals surface area contributed by atoms with Gasteiger partial charge < -0.3 is 21.7 Å². The van der Waals surface area contributed by atoms with Crippen molar-refractivity contribution in [2.45, 2.75) is 13.0 Å². The molecule has 1 aromatic carbocycles. The summed E-state index contributed by atoms with van der Waals surface area (Å²) in [4.78, 5) is 0. The molecule has 92 valence electrons. The van der Waals surface area contributed by atoms with E-state index in [0.29, 0.717) is 6.61 Å². The molecule has 2 rings (SSSR count). The first-order chi connectivity index (χ1) is 7.83. The van der Waals surface area contributed by atoms with Crippen LogP contribution in [-0.2, 0) is 4.74 Å². The van der Waals surface area contributed by atoms with Crippen molar-refractivity contribution in [1.82, 2.24) is 5.32 Å². The van der Waals surface area contributed by atoms with E-state index in [1.54, 1.807) is 0 Å². The average Bonchev–Trinajstić information content (AvgIpc) is 2.33. The summed E-state index contributed by atoms with van der Waals surface area (Å²) in [7, 11) is 0. The van der Waals surface area contributed by atoms with Crippen LogP contribution in [0.15, 0.2) is 24.3 Å². The van der Waals surface area contributed by atoms with Crippen molar-refractivity contribution in [1.29, 1.82) is 0 Å². The molecule has 1 unspecified atom stereocenters. The van der Waals surface area contributed by atoms with Gasteiger partial charge in [-0.05, 0) is 13.5 Å². The third-order valence-electron chi connectivity index (χ3n) is 1.98. The molecule has 17 heavy (non-hydrogen) atoms. The SMILES string of the molecule is CCOc1[c-]cccc1.[CH2-]C1CNCCO1.[U+2]. The number of rotatable bonds is 2. The summed E-state index contributed by atoms with van der Waals surface area (Å²) in [5.41, 5.74) is 0. The fraction of sp³-hybridized carbons (Fsp3) is 0.462. The molecule has 1 aliphatic rings. The van der Waals surface area contributed by atoms with Gasteiger partial charge in [0.15, 0.2) is 0 Å². The van der Waals surface area contributed by atoms with Gasteiger partial charge in [0.2, 0.25) is 0 Å². The summed E-state index contributed by atoms with van der Waals surface area (Å²) in [5.74, 6) is 0.819. The number of ether oxygens (including phenoxy) is 2. The third-order valence-corrected chi connectivity index (χ3v) is 1.98. The van der Waals surface area contributed by atoms with Crippen molar-refractivity contribution in [3.8, 4) is 5.75 Å². The molecule has 0 aromatic heterocycles. The van der Waals surface area contributed by atoms with Crippen LogP contribution in [0.5, 0.6) is 5.75 Å². The number of nitrogens with one attached hydrogen (secondary N) is 1. The molecule has 0 aliphatic carbocycles. The van der Waals surface area contributed by atoms with E-state index in [0.717, 1.165) is 25.4 Å². The Morgan fingerprint density at radius 2 is 2.41 bits per heavy atom. The largest absolute Gasteiger partial charge is 2.00 e. The van der Waals surface area contributed by atoms with Crippen molar-refractivity contribution in [3.63, 3.8) is 0 Å². The minimum atomic E-state index is 0. The Morgan fingerprint density at radius 3 is 2.82 bits per heavy atom. The summed E-state index contributed by atoms with van der Waals surface area (Å²) >= 11 is 0. The van der Waals surface area contributed by atoms with Crippen LogP contribution >= 0.6 is 0 Å². The van der Waals surface area contributed by atoms with E-state index in [4.69, 9.17) is 9.47 Å². The molecule has 1 fully saturated rings. The Hall–Kier alpha value is -0.00805. The minimum absolute atomic E-state index is 0. The van der Waals surface area contributed by atoms with Gasteiger partial charge in [0.05, 0.1) is 13.2 Å². The van der Waals surface area contributed by atoms with Gasteiger partial charge in [-0.2, -0.15) is 18.2 Å². The van der Waals surface area contributed by atoms with Crippen LogP contribution in [0.2, 0.25) is 0 Å². The summed E-state index contributed by atoms with van der Waals surface area (Å²) in [6, 6.07) is 10.5. The second-order valence-corrected chi connectivity index (χ2v) is 3.36. The van der Waals surface area contributed by atoms with E-state index in [2.05, 4.69) is 18.3 Å². The van der Waals surface area contributed by atoms with Crippen LogP contribution in [0.25, 0.3) is 0 Å². The first-order valence-electron chi connectivity index (χ1n) is 5.58. The van der Waals surface area contributed by atoms with Crippen molar-refractivity contribution >= 4 is 0 Å². The zero-order chi connectivity index (χ0) is 11.6.